The Balaban J connectivity index is -0.00000101. The van der Waals surface area contributed by atoms with E-state index in [0.29, 0.717) is 17.8 Å². The number of rotatable bonds is 10. The number of phosphoric acid groups is 2. The molecule has 0 bridgehead atoms. The minimum Gasteiger partial charge on any atom is -1.00 e. The molecule has 0 spiro atoms. The molecule has 3 fully saturated rings. The van der Waals surface area contributed by atoms with Gasteiger partial charge < -0.3 is 55.6 Å². The first kappa shape index (κ1) is 74.0. The second-order valence-electron chi connectivity index (χ2n) is 18.6. The summed E-state index contributed by atoms with van der Waals surface area (Å²) in [6, 6.07) is 2.33. The molecule has 0 aromatic carbocycles. The van der Waals surface area contributed by atoms with E-state index in [-0.39, 0.29) is 122 Å². The predicted octanol–water partition coefficient (Wildman–Crippen LogP) is -4.23. The number of ether oxygens (including phenoxy) is 3. The van der Waals surface area contributed by atoms with Gasteiger partial charge in [0, 0.05) is 117 Å². The molecule has 9 unspecified atom stereocenters. The fourth-order valence-corrected chi connectivity index (χ4v) is 9.24. The summed E-state index contributed by atoms with van der Waals surface area (Å²) in [6.07, 6.45) is 3.83. The first-order chi connectivity index (χ1) is 32.0. The maximum absolute atomic E-state index is 12.2. The minimum atomic E-state index is -4.79. The van der Waals surface area contributed by atoms with Crippen molar-refractivity contribution < 1.29 is 188 Å². The van der Waals surface area contributed by atoms with Crippen LogP contribution in [-0.2, 0) is 113 Å². The monoisotopic (exact) mass is 1650 g/mol. The molecule has 3 aliphatic rings. The number of aliphatic hydroxyl groups excluding tert-OH is 1. The van der Waals surface area contributed by atoms with Crippen LogP contribution < -0.4 is 85.1 Å². The van der Waals surface area contributed by atoms with E-state index in [1.807, 2.05) is 0 Å². The van der Waals surface area contributed by atoms with Crippen LogP contribution in [0.15, 0.2) is 59.5 Å². The molecule has 11 N–H and O–H groups in total. The van der Waals surface area contributed by atoms with Crippen molar-refractivity contribution in [2.75, 3.05) is 19.8 Å². The maximum atomic E-state index is 12.2. The molecule has 3 aromatic rings. The van der Waals surface area contributed by atoms with Crippen LogP contribution in [0.1, 0.15) is 90.1 Å². The summed E-state index contributed by atoms with van der Waals surface area (Å²) in [4.78, 5) is 112. The molecule has 3 aromatic heterocycles. The van der Waals surface area contributed by atoms with Crippen molar-refractivity contribution in [2.45, 2.75) is 141 Å². The quantitative estimate of drug-likeness (QED) is 0.0520. The second-order valence-corrected chi connectivity index (χ2v) is 21.1. The fourth-order valence-electron chi connectivity index (χ4n) is 8.41. The van der Waals surface area contributed by atoms with E-state index in [0.717, 1.165) is 15.2 Å². The number of phosphoric ester groups is 2. The van der Waals surface area contributed by atoms with Crippen LogP contribution in [0, 0.1) is 24.7 Å². The van der Waals surface area contributed by atoms with Gasteiger partial charge in [0.2, 0.25) is 0 Å². The number of aliphatic hydroxyl groups is 4. The van der Waals surface area contributed by atoms with Crippen LogP contribution >= 0.6 is 29.0 Å². The molecule has 27 nitrogen and oxygen atoms in total. The number of nitrogens with one attached hydrogen (secondary N) is 3. The van der Waals surface area contributed by atoms with Gasteiger partial charge in [-0.3, -0.25) is 52.1 Å². The molecule has 418 valence electrons. The van der Waals surface area contributed by atoms with E-state index in [4.69, 9.17) is 34.9 Å². The first-order valence-corrected chi connectivity index (χ1v) is 23.8. The molecule has 6 heterocycles. The zero-order valence-electron chi connectivity index (χ0n) is 44.8. The Morgan fingerprint density at radius 3 is 1.18 bits per heavy atom. The number of hydrogen-bond acceptors (Lipinski definition) is 17. The van der Waals surface area contributed by atoms with Gasteiger partial charge in [-0.05, 0) is 65.3 Å². The Bertz CT molecular complexity index is 2920. The number of hydrogen-bond donors (Lipinski definition) is 11. The molecular formula is C40H64KN6O21P2SW3-3. The molecule has 3 aliphatic heterocycles. The van der Waals surface area contributed by atoms with Crippen LogP contribution in [0.2, 0.25) is 0 Å². The van der Waals surface area contributed by atoms with Crippen molar-refractivity contribution in [3.05, 3.63) is 117 Å². The third-order valence-corrected chi connectivity index (χ3v) is 15.0. The second kappa shape index (κ2) is 25.9. The summed E-state index contributed by atoms with van der Waals surface area (Å²) in [6.45, 7) is 18.0. The van der Waals surface area contributed by atoms with Crippen LogP contribution in [0.25, 0.3) is 0 Å². The van der Waals surface area contributed by atoms with Crippen molar-refractivity contribution in [3.8, 4) is 0 Å². The normalized spacial score (nSPS) is 33.1. The SMILES string of the molecule is C[C-]1C(C)(n2ccc(=O)[nH]c2=O)OC(C)(CO)C1(C)O.C[C-]1C(C)(n2ccc(=O)[nH]c2=O)OC(C)(COP(=O)(O)O)C1(C)O.Cc1cn(C2(C)OC(C)(COP(=O)(O)O)C(C)(O)[C-]2C)c(=O)[nH]c1=O.[3H-].[3H]S.[K+].[W].[W].[W]. The van der Waals surface area contributed by atoms with Crippen molar-refractivity contribution in [2.24, 2.45) is 0 Å². The molecule has 0 aliphatic carbocycles. The third kappa shape index (κ3) is 14.6. The summed E-state index contributed by atoms with van der Waals surface area (Å²) < 4.78 is 57.5. The van der Waals surface area contributed by atoms with Crippen LogP contribution in [-0.4, -0.2) is 123 Å². The van der Waals surface area contributed by atoms with Crippen molar-refractivity contribution in [3.63, 3.8) is 0 Å². The topological polar surface area (TPSA) is 407 Å². The average Bonchev–Trinajstić information content (AvgIpc) is 3.56. The number of aromatic nitrogens is 6. The molecule has 34 heteroatoms. The van der Waals surface area contributed by atoms with Gasteiger partial charge in [0.15, 0.2) is 0 Å². The van der Waals surface area contributed by atoms with Gasteiger partial charge in [-0.2, -0.15) is 34.2 Å². The van der Waals surface area contributed by atoms with Crippen molar-refractivity contribution in [1.82, 2.24) is 28.7 Å². The fraction of sp³-hybridized carbons (Fsp3) is 0.625. The van der Waals surface area contributed by atoms with E-state index < -0.39 is 120 Å². The van der Waals surface area contributed by atoms with Crippen LogP contribution in [0.5, 0.6) is 0 Å². The van der Waals surface area contributed by atoms with Gasteiger partial charge >= 0.3 is 84.1 Å². The van der Waals surface area contributed by atoms with E-state index in [9.17, 15) is 58.3 Å². The Morgan fingerprint density at radius 1 is 0.608 bits per heavy atom. The van der Waals surface area contributed by atoms with Gasteiger partial charge in [-0.1, -0.05) is 20.8 Å². The van der Waals surface area contributed by atoms with Gasteiger partial charge in [-0.15, -0.1) is 0 Å². The van der Waals surface area contributed by atoms with Crippen LogP contribution in [0.4, 0.5) is 0 Å². The standard InChI is InChI=1S/C14H22N2O8P.C13H20N2O8P.C13H19N2O5.K.H2S.3W.H/c1-8-6-16(11(18)15-10(8)17)14(5)9(2)13(4,19)12(3,24-14)7-23-25(20,21)22;1-8-12(3,18)11(2,7-22-24(19,20)21)23-13(8,4)15-6-5-9(16)14-10(15)17;1-8-12(3,19)11(2,7-16)20-13(8,4)15-6-5-9(17)14-10(15)18;;;;;;/h6,19H,7H2,1-5H3,(H,15,17,18)(H2,20,21,22);5-6,18H,7H2,1-4H3,(H,14,16,17)(H2,19,20,21);5-6,16,19H,7H2,1-4H3,(H,14,17,18);;1H2;;;;/q3*-1;+1;;;;;-1/i;;;;;;;;1+2/hT. The summed E-state index contributed by atoms with van der Waals surface area (Å²) in [5.74, 6) is 1.09. The zero-order valence-corrected chi connectivity index (χ0v) is 57.4. The van der Waals surface area contributed by atoms with Crippen LogP contribution in [0.3, 0.4) is 0 Å². The molecule has 3 saturated heterocycles. The molecule has 0 saturated carbocycles. The molecule has 0 amide bonds. The third-order valence-electron chi connectivity index (χ3n) is 14.1. The summed E-state index contributed by atoms with van der Waals surface area (Å²) in [5.41, 5.74) is -16.8. The van der Waals surface area contributed by atoms with Crippen molar-refractivity contribution >= 4 is 29.0 Å². The molecular weight excluding hydrogens is 1590 g/mol. The van der Waals surface area contributed by atoms with Gasteiger partial charge in [0.05, 0.1) is 37.7 Å². The Labute approximate surface area is 519 Å². The van der Waals surface area contributed by atoms with Gasteiger partial charge in [0.25, 0.3) is 16.7 Å². The number of aryl methyl sites for hydroxylation is 1. The Kier molecular flexibility index (Phi) is 25.9. The van der Waals surface area contributed by atoms with E-state index in [1.54, 1.807) is 34.6 Å². The van der Waals surface area contributed by atoms with E-state index in [2.05, 4.69) is 37.4 Å². The number of aromatic amines is 3. The molecule has 6 rings (SSSR count). The number of nitrogens with zero attached hydrogens (tertiary/aromatic N) is 3. The van der Waals surface area contributed by atoms with E-state index in [1.165, 1.54) is 84.6 Å². The summed E-state index contributed by atoms with van der Waals surface area (Å²) >= 11 is 2.78. The maximum Gasteiger partial charge on any atom is 1.00 e. The zero-order chi connectivity index (χ0) is 55.3. The average molecular weight is 1650 g/mol. The van der Waals surface area contributed by atoms with Crippen molar-refractivity contribution in [1.29, 1.82) is 1.12 Å². The minimum absolute atomic E-state index is 0. The smallest absolute Gasteiger partial charge is 1.00 e. The molecule has 74 heavy (non-hydrogen) atoms. The first-order valence-electron chi connectivity index (χ1n) is 21.2. The Hall–Kier alpha value is 0.0313. The predicted molar refractivity (Wildman–Crippen MR) is 251 cm³/mol. The number of H-pyrrole nitrogens is 3. The molecule has 9 atom stereocenters. The van der Waals surface area contributed by atoms with Gasteiger partial charge in [-0.25, -0.2) is 41.3 Å². The summed E-state index contributed by atoms with van der Waals surface area (Å²) in [7, 11) is -9.57. The largest absolute Gasteiger partial charge is 1.00 e. The summed E-state index contributed by atoms with van der Waals surface area (Å²) in [5, 5.41) is 41.9. The molecule has 0 radical (unpaired) electrons. The van der Waals surface area contributed by atoms with E-state index >= 15 is 0 Å². The van der Waals surface area contributed by atoms with Gasteiger partial charge in [0.1, 0.15) is 0 Å². The Morgan fingerprint density at radius 2 is 0.892 bits per heavy atom.